The van der Waals surface area contributed by atoms with E-state index in [1.165, 1.54) is 4.68 Å². The molecule has 24 heavy (non-hydrogen) atoms. The van der Waals surface area contributed by atoms with Crippen LogP contribution in [-0.2, 0) is 0 Å². The summed E-state index contributed by atoms with van der Waals surface area (Å²) in [7, 11) is 0. The largest absolute Gasteiger partial charge is 0.352 e. The number of hydrogen-bond donors (Lipinski definition) is 1. The monoisotopic (exact) mass is 391 g/mol. The molecule has 0 unspecified atom stereocenters. The van der Waals surface area contributed by atoms with Gasteiger partial charge in [-0.05, 0) is 60.8 Å². The van der Waals surface area contributed by atoms with Crippen LogP contribution in [0.4, 0.5) is 0 Å². The van der Waals surface area contributed by atoms with Crippen LogP contribution in [0.5, 0.6) is 0 Å². The fourth-order valence-electron chi connectivity index (χ4n) is 2.51. The van der Waals surface area contributed by atoms with Gasteiger partial charge in [0.15, 0.2) is 0 Å². The zero-order chi connectivity index (χ0) is 17.5. The maximum absolute atomic E-state index is 12.1. The van der Waals surface area contributed by atoms with E-state index >= 15 is 0 Å². The van der Waals surface area contributed by atoms with Crippen LogP contribution in [-0.4, -0.2) is 28.1 Å². The Labute approximate surface area is 150 Å². The Morgan fingerprint density at radius 3 is 2.58 bits per heavy atom. The second kappa shape index (κ2) is 8.78. The standard InChI is InChI=1S/C18H22BrN3O2/c1-13-12-14(2)22(21-13)17(23)10-4-3-7-11-20-18(24)15-8-5-6-9-16(15)19/h5-6,8-9,12H,3-4,7,10-11H2,1-2H3,(H,20,24). The number of aryl methyl sites for hydroxylation is 2. The minimum absolute atomic E-state index is 0.0258. The van der Waals surface area contributed by atoms with Crippen molar-refractivity contribution in [3.05, 3.63) is 51.8 Å². The second-order valence-corrected chi connectivity index (χ2v) is 6.63. The van der Waals surface area contributed by atoms with Crippen LogP contribution >= 0.6 is 15.9 Å². The SMILES string of the molecule is Cc1cc(C)n(C(=O)CCCCCNC(=O)c2ccccc2Br)n1. The number of aromatic nitrogens is 2. The summed E-state index contributed by atoms with van der Waals surface area (Å²) < 4.78 is 2.27. The second-order valence-electron chi connectivity index (χ2n) is 5.78. The molecule has 2 rings (SSSR count). The van der Waals surface area contributed by atoms with Crippen molar-refractivity contribution >= 4 is 27.7 Å². The molecule has 0 spiro atoms. The van der Waals surface area contributed by atoms with Crippen LogP contribution < -0.4 is 5.32 Å². The molecule has 0 bridgehead atoms. The van der Waals surface area contributed by atoms with Gasteiger partial charge in [0.25, 0.3) is 5.91 Å². The Morgan fingerprint density at radius 2 is 1.92 bits per heavy atom. The first-order chi connectivity index (χ1) is 11.5. The number of hydrogen-bond acceptors (Lipinski definition) is 3. The normalized spacial score (nSPS) is 10.6. The number of nitrogens with one attached hydrogen (secondary N) is 1. The van der Waals surface area contributed by atoms with Crippen molar-refractivity contribution in [1.82, 2.24) is 15.1 Å². The molecule has 5 nitrogen and oxygen atoms in total. The Balaban J connectivity index is 1.65. The van der Waals surface area contributed by atoms with Crippen molar-refractivity contribution in [2.45, 2.75) is 39.5 Å². The summed E-state index contributed by atoms with van der Waals surface area (Å²) in [6.07, 6.45) is 3.00. The number of benzene rings is 1. The van der Waals surface area contributed by atoms with Crippen LogP contribution in [0.2, 0.25) is 0 Å². The number of carbonyl (C=O) groups is 2. The Hall–Kier alpha value is -1.95. The summed E-state index contributed by atoms with van der Waals surface area (Å²) in [5.41, 5.74) is 2.37. The summed E-state index contributed by atoms with van der Waals surface area (Å²) >= 11 is 3.37. The average Bonchev–Trinajstić information content (AvgIpc) is 2.89. The third-order valence-corrected chi connectivity index (χ3v) is 4.41. The van der Waals surface area contributed by atoms with Gasteiger partial charge >= 0.3 is 0 Å². The highest BCUT2D eigenvalue weighted by atomic mass is 79.9. The minimum atomic E-state index is -0.0822. The van der Waals surface area contributed by atoms with Crippen molar-refractivity contribution in [2.75, 3.05) is 6.54 Å². The van der Waals surface area contributed by atoms with Gasteiger partial charge in [0, 0.05) is 23.1 Å². The Kier molecular flexibility index (Phi) is 6.73. The zero-order valence-corrected chi connectivity index (χ0v) is 15.6. The van der Waals surface area contributed by atoms with Crippen molar-refractivity contribution in [2.24, 2.45) is 0 Å². The summed E-state index contributed by atoms with van der Waals surface area (Å²) in [4.78, 5) is 24.1. The average molecular weight is 392 g/mol. The van der Waals surface area contributed by atoms with Crippen LogP contribution in [0.1, 0.15) is 52.2 Å². The van der Waals surface area contributed by atoms with Crippen LogP contribution in [0.3, 0.4) is 0 Å². The molecular formula is C18H22BrN3O2. The van der Waals surface area contributed by atoms with Crippen molar-refractivity contribution < 1.29 is 9.59 Å². The molecule has 1 aromatic carbocycles. The van der Waals surface area contributed by atoms with Gasteiger partial charge in [-0.25, -0.2) is 4.68 Å². The maximum Gasteiger partial charge on any atom is 0.252 e. The van der Waals surface area contributed by atoms with Crippen LogP contribution in [0, 0.1) is 13.8 Å². The van der Waals surface area contributed by atoms with E-state index in [1.54, 1.807) is 6.07 Å². The van der Waals surface area contributed by atoms with Gasteiger partial charge in [-0.3, -0.25) is 9.59 Å². The first-order valence-corrected chi connectivity index (χ1v) is 8.87. The lowest BCUT2D eigenvalue weighted by molar-refractivity contribution is 0.0878. The smallest absolute Gasteiger partial charge is 0.252 e. The number of rotatable bonds is 7. The topological polar surface area (TPSA) is 64.0 Å². The number of halogens is 1. The highest BCUT2D eigenvalue weighted by molar-refractivity contribution is 9.10. The molecule has 128 valence electrons. The molecular weight excluding hydrogens is 370 g/mol. The molecule has 1 N–H and O–H groups in total. The molecule has 1 amide bonds. The van der Waals surface area contributed by atoms with Gasteiger partial charge < -0.3 is 5.32 Å². The Bertz CT molecular complexity index is 725. The maximum atomic E-state index is 12.1. The third kappa shape index (κ3) is 5.03. The summed E-state index contributed by atoms with van der Waals surface area (Å²) in [6, 6.07) is 9.24. The van der Waals surface area contributed by atoms with E-state index in [9.17, 15) is 9.59 Å². The number of nitrogens with zero attached hydrogens (tertiary/aromatic N) is 2. The predicted molar refractivity (Wildman–Crippen MR) is 97.3 cm³/mol. The van der Waals surface area contributed by atoms with Gasteiger partial charge in [0.2, 0.25) is 5.91 Å². The molecule has 0 atom stereocenters. The van der Waals surface area contributed by atoms with E-state index in [-0.39, 0.29) is 11.8 Å². The fourth-order valence-corrected chi connectivity index (χ4v) is 2.97. The van der Waals surface area contributed by atoms with Crippen molar-refractivity contribution in [3.63, 3.8) is 0 Å². The number of amides is 1. The molecule has 0 aliphatic carbocycles. The molecule has 0 aliphatic rings. The molecule has 6 heteroatoms. The quantitative estimate of drug-likeness (QED) is 0.727. The van der Waals surface area contributed by atoms with Crippen LogP contribution in [0.25, 0.3) is 0 Å². The molecule has 0 aliphatic heterocycles. The van der Waals surface area contributed by atoms with E-state index in [2.05, 4.69) is 26.3 Å². The van der Waals surface area contributed by atoms with E-state index in [0.29, 0.717) is 18.5 Å². The van der Waals surface area contributed by atoms with E-state index in [1.807, 2.05) is 38.1 Å². The van der Waals surface area contributed by atoms with E-state index < -0.39 is 0 Å². The van der Waals surface area contributed by atoms with Crippen molar-refractivity contribution in [3.8, 4) is 0 Å². The lowest BCUT2D eigenvalue weighted by Gasteiger charge is -2.07. The number of unbranched alkanes of at least 4 members (excludes halogenated alkanes) is 2. The molecule has 2 aromatic rings. The summed E-state index contributed by atoms with van der Waals surface area (Å²) in [5.74, 6) is -0.0564. The first kappa shape index (κ1) is 18.4. The zero-order valence-electron chi connectivity index (χ0n) is 14.0. The van der Waals surface area contributed by atoms with E-state index in [0.717, 1.165) is 35.1 Å². The van der Waals surface area contributed by atoms with Crippen LogP contribution in [0.15, 0.2) is 34.8 Å². The molecule has 0 saturated heterocycles. The van der Waals surface area contributed by atoms with E-state index in [4.69, 9.17) is 0 Å². The Morgan fingerprint density at radius 1 is 1.17 bits per heavy atom. The van der Waals surface area contributed by atoms with Crippen molar-refractivity contribution in [1.29, 1.82) is 0 Å². The van der Waals surface area contributed by atoms with Gasteiger partial charge in [-0.2, -0.15) is 5.10 Å². The molecule has 1 heterocycles. The van der Waals surface area contributed by atoms with Gasteiger partial charge in [0.05, 0.1) is 11.3 Å². The first-order valence-electron chi connectivity index (χ1n) is 8.08. The minimum Gasteiger partial charge on any atom is -0.352 e. The lowest BCUT2D eigenvalue weighted by atomic mass is 10.1. The molecule has 0 radical (unpaired) electrons. The number of carbonyl (C=O) groups excluding carboxylic acids is 2. The summed E-state index contributed by atoms with van der Waals surface area (Å²) in [6.45, 7) is 4.37. The highest BCUT2D eigenvalue weighted by Gasteiger charge is 2.10. The van der Waals surface area contributed by atoms with Gasteiger partial charge in [0.1, 0.15) is 0 Å². The predicted octanol–water partition coefficient (Wildman–Crippen LogP) is 3.89. The fraction of sp³-hybridized carbons (Fsp3) is 0.389. The molecule has 1 aromatic heterocycles. The van der Waals surface area contributed by atoms with Gasteiger partial charge in [-0.1, -0.05) is 18.6 Å². The lowest BCUT2D eigenvalue weighted by Crippen LogP contribution is -2.24. The highest BCUT2D eigenvalue weighted by Crippen LogP contribution is 2.15. The van der Waals surface area contributed by atoms with Gasteiger partial charge in [-0.15, -0.1) is 0 Å². The summed E-state index contributed by atoms with van der Waals surface area (Å²) in [5, 5.41) is 7.10. The third-order valence-electron chi connectivity index (χ3n) is 3.72. The molecule has 0 fully saturated rings. The molecule has 0 saturated carbocycles.